The number of carbonyl (C=O) groups excluding carboxylic acids is 1. The summed E-state index contributed by atoms with van der Waals surface area (Å²) in [4.78, 5) is 13.3. The van der Waals surface area contributed by atoms with Crippen molar-refractivity contribution in [2.45, 2.75) is 32.2 Å². The van der Waals surface area contributed by atoms with Gasteiger partial charge in [0.05, 0.1) is 0 Å². The standard InChI is InChI=1S/C9H18N2O/c1-3-9(12)11-6-4-5-8(7-11)10-2/h8,10H,3-7H2,1-2H3. The van der Waals surface area contributed by atoms with Crippen molar-refractivity contribution in [3.05, 3.63) is 0 Å². The molecule has 70 valence electrons. The van der Waals surface area contributed by atoms with Gasteiger partial charge in [0, 0.05) is 25.6 Å². The van der Waals surface area contributed by atoms with Crippen LogP contribution in [-0.2, 0) is 4.79 Å². The summed E-state index contributed by atoms with van der Waals surface area (Å²) in [6, 6.07) is 0.509. The Balaban J connectivity index is 2.40. The van der Waals surface area contributed by atoms with Crippen molar-refractivity contribution in [3.63, 3.8) is 0 Å². The molecular weight excluding hydrogens is 152 g/mol. The molecule has 1 aliphatic heterocycles. The number of rotatable bonds is 2. The van der Waals surface area contributed by atoms with E-state index in [9.17, 15) is 4.79 Å². The maximum absolute atomic E-state index is 11.3. The molecule has 0 radical (unpaired) electrons. The quantitative estimate of drug-likeness (QED) is 0.658. The van der Waals surface area contributed by atoms with Crippen LogP contribution in [0.5, 0.6) is 0 Å². The Hall–Kier alpha value is -0.570. The molecule has 0 bridgehead atoms. The van der Waals surface area contributed by atoms with Gasteiger partial charge in [0.15, 0.2) is 0 Å². The molecule has 0 aromatic carbocycles. The van der Waals surface area contributed by atoms with Crippen molar-refractivity contribution in [1.29, 1.82) is 0 Å². The van der Waals surface area contributed by atoms with E-state index in [-0.39, 0.29) is 5.91 Å². The molecule has 0 spiro atoms. The Labute approximate surface area is 74.1 Å². The van der Waals surface area contributed by atoms with E-state index in [1.807, 2.05) is 18.9 Å². The SMILES string of the molecule is CCC(=O)N1CCCC(NC)C1. The van der Waals surface area contributed by atoms with Crippen LogP contribution < -0.4 is 5.32 Å². The summed E-state index contributed by atoms with van der Waals surface area (Å²) >= 11 is 0. The Bertz CT molecular complexity index is 159. The molecule has 1 saturated heterocycles. The summed E-state index contributed by atoms with van der Waals surface area (Å²) in [5.41, 5.74) is 0. The Morgan fingerprint density at radius 1 is 1.67 bits per heavy atom. The minimum absolute atomic E-state index is 0.287. The Morgan fingerprint density at radius 2 is 2.42 bits per heavy atom. The maximum atomic E-state index is 11.3. The fourth-order valence-electron chi connectivity index (χ4n) is 1.66. The average Bonchev–Trinajstić information content (AvgIpc) is 2.17. The summed E-state index contributed by atoms with van der Waals surface area (Å²) < 4.78 is 0. The number of nitrogens with zero attached hydrogens (tertiary/aromatic N) is 1. The second-order valence-electron chi connectivity index (χ2n) is 3.32. The van der Waals surface area contributed by atoms with Gasteiger partial charge < -0.3 is 10.2 Å². The molecule has 1 rings (SSSR count). The zero-order chi connectivity index (χ0) is 8.97. The van der Waals surface area contributed by atoms with E-state index in [0.29, 0.717) is 12.5 Å². The van der Waals surface area contributed by atoms with Gasteiger partial charge in [-0.2, -0.15) is 0 Å². The van der Waals surface area contributed by atoms with Crippen molar-refractivity contribution in [2.24, 2.45) is 0 Å². The predicted octanol–water partition coefficient (Wildman–Crippen LogP) is 0.607. The van der Waals surface area contributed by atoms with Crippen LogP contribution in [0, 0.1) is 0 Å². The zero-order valence-corrected chi connectivity index (χ0v) is 7.97. The molecule has 0 aromatic rings. The normalized spacial score (nSPS) is 24.2. The molecule has 0 aliphatic carbocycles. The van der Waals surface area contributed by atoms with Gasteiger partial charge in [-0.25, -0.2) is 0 Å². The lowest BCUT2D eigenvalue weighted by molar-refractivity contribution is -0.132. The lowest BCUT2D eigenvalue weighted by atomic mass is 10.1. The van der Waals surface area contributed by atoms with Gasteiger partial charge in [0.1, 0.15) is 0 Å². The first-order valence-electron chi connectivity index (χ1n) is 4.73. The van der Waals surface area contributed by atoms with Crippen LogP contribution in [0.15, 0.2) is 0 Å². The highest BCUT2D eigenvalue weighted by atomic mass is 16.2. The van der Waals surface area contributed by atoms with Crippen LogP contribution in [-0.4, -0.2) is 37.0 Å². The molecule has 0 aromatic heterocycles. The molecular formula is C9H18N2O. The molecule has 3 nitrogen and oxygen atoms in total. The number of likely N-dealkylation sites (N-methyl/N-ethyl adjacent to an activating group) is 1. The van der Waals surface area contributed by atoms with Crippen molar-refractivity contribution in [1.82, 2.24) is 10.2 Å². The van der Waals surface area contributed by atoms with Crippen LogP contribution in [0.3, 0.4) is 0 Å². The number of nitrogens with one attached hydrogen (secondary N) is 1. The van der Waals surface area contributed by atoms with Gasteiger partial charge in [0.2, 0.25) is 5.91 Å². The molecule has 1 unspecified atom stereocenters. The minimum atomic E-state index is 0.287. The molecule has 3 heteroatoms. The van der Waals surface area contributed by atoms with Gasteiger partial charge in [0.25, 0.3) is 0 Å². The smallest absolute Gasteiger partial charge is 0.222 e. The van der Waals surface area contributed by atoms with Crippen molar-refractivity contribution < 1.29 is 4.79 Å². The first-order chi connectivity index (χ1) is 5.77. The minimum Gasteiger partial charge on any atom is -0.341 e. The number of hydrogen-bond acceptors (Lipinski definition) is 2. The largest absolute Gasteiger partial charge is 0.341 e. The maximum Gasteiger partial charge on any atom is 0.222 e. The van der Waals surface area contributed by atoms with E-state index in [1.165, 1.54) is 6.42 Å². The molecule has 1 atom stereocenters. The molecule has 1 amide bonds. The Kier molecular flexibility index (Phi) is 3.53. The van der Waals surface area contributed by atoms with E-state index >= 15 is 0 Å². The number of carbonyl (C=O) groups is 1. The number of piperidine rings is 1. The average molecular weight is 170 g/mol. The molecule has 1 fully saturated rings. The van der Waals surface area contributed by atoms with E-state index in [0.717, 1.165) is 19.5 Å². The van der Waals surface area contributed by atoms with Crippen molar-refractivity contribution in [3.8, 4) is 0 Å². The van der Waals surface area contributed by atoms with Crippen LogP contribution in [0.25, 0.3) is 0 Å². The topological polar surface area (TPSA) is 32.3 Å². The third kappa shape index (κ3) is 2.21. The number of likely N-dealkylation sites (tertiary alicyclic amines) is 1. The highest BCUT2D eigenvalue weighted by molar-refractivity contribution is 5.75. The lowest BCUT2D eigenvalue weighted by Crippen LogP contribution is -2.46. The van der Waals surface area contributed by atoms with Crippen LogP contribution in [0.4, 0.5) is 0 Å². The van der Waals surface area contributed by atoms with Gasteiger partial charge in [-0.05, 0) is 19.9 Å². The monoisotopic (exact) mass is 170 g/mol. The summed E-state index contributed by atoms with van der Waals surface area (Å²) in [6.07, 6.45) is 2.97. The number of hydrogen-bond donors (Lipinski definition) is 1. The molecule has 12 heavy (non-hydrogen) atoms. The van der Waals surface area contributed by atoms with Gasteiger partial charge >= 0.3 is 0 Å². The molecule has 1 aliphatic rings. The third-order valence-electron chi connectivity index (χ3n) is 2.48. The van der Waals surface area contributed by atoms with Crippen LogP contribution in [0.2, 0.25) is 0 Å². The Morgan fingerprint density at radius 3 is 3.00 bits per heavy atom. The summed E-state index contributed by atoms with van der Waals surface area (Å²) in [6.45, 7) is 3.76. The van der Waals surface area contributed by atoms with E-state index in [2.05, 4.69) is 5.32 Å². The van der Waals surface area contributed by atoms with Crippen molar-refractivity contribution >= 4 is 5.91 Å². The van der Waals surface area contributed by atoms with Crippen molar-refractivity contribution in [2.75, 3.05) is 20.1 Å². The fourth-order valence-corrected chi connectivity index (χ4v) is 1.66. The molecule has 1 heterocycles. The highest BCUT2D eigenvalue weighted by Crippen LogP contribution is 2.10. The van der Waals surface area contributed by atoms with Gasteiger partial charge in [-0.1, -0.05) is 6.92 Å². The first kappa shape index (κ1) is 9.52. The molecule has 1 N–H and O–H groups in total. The summed E-state index contributed by atoms with van der Waals surface area (Å²) in [7, 11) is 1.96. The summed E-state index contributed by atoms with van der Waals surface area (Å²) in [5.74, 6) is 0.287. The van der Waals surface area contributed by atoms with Crippen LogP contribution in [0.1, 0.15) is 26.2 Å². The van der Waals surface area contributed by atoms with E-state index in [4.69, 9.17) is 0 Å². The molecule has 0 saturated carbocycles. The highest BCUT2D eigenvalue weighted by Gasteiger charge is 2.20. The third-order valence-corrected chi connectivity index (χ3v) is 2.48. The second kappa shape index (κ2) is 4.45. The van der Waals surface area contributed by atoms with Gasteiger partial charge in [-0.15, -0.1) is 0 Å². The predicted molar refractivity (Wildman–Crippen MR) is 49.0 cm³/mol. The number of amides is 1. The lowest BCUT2D eigenvalue weighted by Gasteiger charge is -2.32. The zero-order valence-electron chi connectivity index (χ0n) is 7.97. The van der Waals surface area contributed by atoms with Gasteiger partial charge in [-0.3, -0.25) is 4.79 Å². The fraction of sp³-hybridized carbons (Fsp3) is 0.889. The second-order valence-corrected chi connectivity index (χ2v) is 3.32. The van der Waals surface area contributed by atoms with E-state index in [1.54, 1.807) is 0 Å². The van der Waals surface area contributed by atoms with Crippen LogP contribution >= 0.6 is 0 Å². The first-order valence-corrected chi connectivity index (χ1v) is 4.73. The van der Waals surface area contributed by atoms with E-state index < -0.39 is 0 Å². The summed E-state index contributed by atoms with van der Waals surface area (Å²) in [5, 5.41) is 3.22.